The van der Waals surface area contributed by atoms with Gasteiger partial charge in [0, 0.05) is 7.11 Å². The smallest absolute Gasteiger partial charge is 0.381 e. The average Bonchev–Trinajstić information content (AvgIpc) is 2.31. The summed E-state index contributed by atoms with van der Waals surface area (Å²) in [6.07, 6.45) is 13.5. The highest BCUT2D eigenvalue weighted by atomic mass is 28.3. The van der Waals surface area contributed by atoms with Crippen molar-refractivity contribution >= 4 is 9.28 Å². The van der Waals surface area contributed by atoms with Gasteiger partial charge < -0.3 is 9.22 Å². The van der Waals surface area contributed by atoms with Crippen LogP contribution >= 0.6 is 0 Å². The molecule has 0 aliphatic heterocycles. The Morgan fingerprint density at radius 3 is 1.69 bits per heavy atom. The third-order valence-corrected chi connectivity index (χ3v) is 4.23. The average molecular weight is 245 g/mol. The van der Waals surface area contributed by atoms with Gasteiger partial charge in [-0.3, -0.25) is 0 Å². The van der Waals surface area contributed by atoms with Crippen molar-refractivity contribution in [3.63, 3.8) is 0 Å². The van der Waals surface area contributed by atoms with Crippen LogP contribution < -0.4 is 0 Å². The Morgan fingerprint density at radius 1 is 0.812 bits per heavy atom. The van der Waals surface area contributed by atoms with Crippen molar-refractivity contribution in [2.75, 3.05) is 7.11 Å². The van der Waals surface area contributed by atoms with Crippen LogP contribution in [0.4, 0.5) is 0 Å². The minimum absolute atomic E-state index is 0.887. The molecule has 0 rings (SSSR count). The van der Waals surface area contributed by atoms with E-state index in [4.69, 9.17) is 4.43 Å². The third kappa shape index (κ3) is 12.2. The molecule has 0 atom stereocenters. The minimum Gasteiger partial charge on any atom is -0.410 e. The Morgan fingerprint density at radius 2 is 1.25 bits per heavy atom. The molecule has 0 aliphatic carbocycles. The van der Waals surface area contributed by atoms with Crippen LogP contribution in [0.15, 0.2) is 0 Å². The van der Waals surface area contributed by atoms with Gasteiger partial charge in [-0.05, 0) is 6.04 Å². The first-order valence-corrected chi connectivity index (χ1v) is 8.46. The van der Waals surface area contributed by atoms with Gasteiger partial charge in [-0.2, -0.15) is 0 Å². The molecule has 0 aliphatic rings. The van der Waals surface area contributed by atoms with Gasteiger partial charge >= 0.3 is 9.28 Å². The normalized spacial score (nSPS) is 11.2. The SMILES string of the molecule is CCCCCCCCCCCC[Si](O)OC. The third-order valence-electron chi connectivity index (χ3n) is 2.98. The molecule has 0 aromatic rings. The van der Waals surface area contributed by atoms with E-state index in [1.807, 2.05) is 0 Å². The van der Waals surface area contributed by atoms with Crippen LogP contribution in [0.5, 0.6) is 0 Å². The molecule has 0 heterocycles. The predicted octanol–water partition coefficient (Wildman–Crippen LogP) is 4.03. The standard InChI is InChI=1S/C13H29O2Si/c1-3-4-5-6-7-8-9-10-11-12-13-16(14)15-2/h14H,3-13H2,1-2H3. The fraction of sp³-hybridized carbons (Fsp3) is 1.00. The van der Waals surface area contributed by atoms with Crippen LogP contribution in [-0.2, 0) is 4.43 Å². The summed E-state index contributed by atoms with van der Waals surface area (Å²) in [4.78, 5) is 9.26. The van der Waals surface area contributed by atoms with E-state index in [0.29, 0.717) is 0 Å². The van der Waals surface area contributed by atoms with Crippen LogP contribution in [0.2, 0.25) is 6.04 Å². The van der Waals surface area contributed by atoms with Gasteiger partial charge in [0.2, 0.25) is 0 Å². The highest BCUT2D eigenvalue weighted by Gasteiger charge is 2.06. The van der Waals surface area contributed by atoms with Crippen molar-refractivity contribution in [1.82, 2.24) is 0 Å². The lowest BCUT2D eigenvalue weighted by atomic mass is 10.1. The molecular formula is C13H29O2Si. The van der Waals surface area contributed by atoms with E-state index in [1.54, 1.807) is 7.11 Å². The van der Waals surface area contributed by atoms with Gasteiger partial charge in [0.1, 0.15) is 0 Å². The van der Waals surface area contributed by atoms with Crippen molar-refractivity contribution in [2.24, 2.45) is 0 Å². The van der Waals surface area contributed by atoms with Gasteiger partial charge in [0.05, 0.1) is 0 Å². The second-order valence-corrected chi connectivity index (χ2v) is 6.23. The zero-order chi connectivity index (χ0) is 12.1. The maximum absolute atomic E-state index is 9.26. The van der Waals surface area contributed by atoms with Gasteiger partial charge in [0.15, 0.2) is 0 Å². The topological polar surface area (TPSA) is 29.5 Å². The molecule has 0 aromatic carbocycles. The second-order valence-electron chi connectivity index (χ2n) is 4.53. The summed E-state index contributed by atoms with van der Waals surface area (Å²) in [5.74, 6) is 0. The quantitative estimate of drug-likeness (QED) is 0.415. The fourth-order valence-electron chi connectivity index (χ4n) is 1.87. The molecule has 1 N–H and O–H groups in total. The van der Waals surface area contributed by atoms with Gasteiger partial charge in [-0.25, -0.2) is 0 Å². The molecule has 0 aromatic heterocycles. The summed E-state index contributed by atoms with van der Waals surface area (Å²) >= 11 is 0. The van der Waals surface area contributed by atoms with Crippen LogP contribution in [0.3, 0.4) is 0 Å². The summed E-state index contributed by atoms with van der Waals surface area (Å²) in [7, 11) is 0.166. The Hall–Kier alpha value is 0.137. The first-order chi connectivity index (χ1) is 7.81. The molecule has 0 saturated heterocycles. The lowest BCUT2D eigenvalue weighted by molar-refractivity contribution is 0.324. The summed E-state index contributed by atoms with van der Waals surface area (Å²) in [6, 6.07) is 0.887. The molecule has 0 unspecified atom stereocenters. The highest BCUT2D eigenvalue weighted by molar-refractivity contribution is 6.42. The van der Waals surface area contributed by atoms with E-state index < -0.39 is 9.28 Å². The highest BCUT2D eigenvalue weighted by Crippen LogP contribution is 2.11. The fourth-order valence-corrected chi connectivity index (χ4v) is 2.62. The van der Waals surface area contributed by atoms with Crippen molar-refractivity contribution < 1.29 is 9.22 Å². The summed E-state index contributed by atoms with van der Waals surface area (Å²) in [5.41, 5.74) is 0. The number of rotatable bonds is 12. The van der Waals surface area contributed by atoms with E-state index in [9.17, 15) is 4.80 Å². The molecular weight excluding hydrogens is 216 g/mol. The predicted molar refractivity (Wildman–Crippen MR) is 71.6 cm³/mol. The van der Waals surface area contributed by atoms with Crippen LogP contribution in [0, 0.1) is 0 Å². The summed E-state index contributed by atoms with van der Waals surface area (Å²) in [6.45, 7) is 2.26. The molecule has 0 saturated carbocycles. The van der Waals surface area contributed by atoms with E-state index in [-0.39, 0.29) is 0 Å². The molecule has 0 amide bonds. The van der Waals surface area contributed by atoms with E-state index in [0.717, 1.165) is 12.5 Å². The lowest BCUT2D eigenvalue weighted by Crippen LogP contribution is -2.14. The van der Waals surface area contributed by atoms with Crippen molar-refractivity contribution in [2.45, 2.75) is 77.2 Å². The van der Waals surface area contributed by atoms with E-state index in [2.05, 4.69) is 6.92 Å². The van der Waals surface area contributed by atoms with Crippen LogP contribution in [0.25, 0.3) is 0 Å². The zero-order valence-electron chi connectivity index (χ0n) is 11.1. The maximum Gasteiger partial charge on any atom is 0.381 e. The monoisotopic (exact) mass is 245 g/mol. The Bertz CT molecular complexity index is 131. The molecule has 16 heavy (non-hydrogen) atoms. The molecule has 97 valence electrons. The molecule has 3 heteroatoms. The summed E-state index contributed by atoms with van der Waals surface area (Å²) < 4.78 is 4.89. The van der Waals surface area contributed by atoms with E-state index >= 15 is 0 Å². The first-order valence-electron chi connectivity index (χ1n) is 6.90. The van der Waals surface area contributed by atoms with Crippen LogP contribution in [-0.4, -0.2) is 21.2 Å². The molecule has 0 fully saturated rings. The Kier molecular flexibility index (Phi) is 13.3. The summed E-state index contributed by atoms with van der Waals surface area (Å²) in [5, 5.41) is 0. The first kappa shape index (κ1) is 16.1. The van der Waals surface area contributed by atoms with Crippen molar-refractivity contribution in [3.05, 3.63) is 0 Å². The van der Waals surface area contributed by atoms with Gasteiger partial charge in [0.25, 0.3) is 0 Å². The second kappa shape index (κ2) is 13.2. The van der Waals surface area contributed by atoms with Crippen LogP contribution in [0.1, 0.15) is 71.1 Å². The number of unbranched alkanes of at least 4 members (excludes halogenated alkanes) is 9. The van der Waals surface area contributed by atoms with Gasteiger partial charge in [-0.1, -0.05) is 71.1 Å². The largest absolute Gasteiger partial charge is 0.410 e. The Balaban J connectivity index is 2.93. The van der Waals surface area contributed by atoms with Gasteiger partial charge in [-0.15, -0.1) is 0 Å². The Labute approximate surface area is 103 Å². The number of hydrogen-bond acceptors (Lipinski definition) is 2. The maximum atomic E-state index is 9.26. The molecule has 0 bridgehead atoms. The van der Waals surface area contributed by atoms with Crippen molar-refractivity contribution in [1.29, 1.82) is 0 Å². The van der Waals surface area contributed by atoms with E-state index in [1.165, 1.54) is 57.8 Å². The molecule has 0 spiro atoms. The molecule has 2 nitrogen and oxygen atoms in total. The minimum atomic E-state index is -1.44. The lowest BCUT2D eigenvalue weighted by Gasteiger charge is -2.04. The van der Waals surface area contributed by atoms with Crippen molar-refractivity contribution in [3.8, 4) is 0 Å². The molecule has 1 radical (unpaired) electrons. The number of hydrogen-bond donors (Lipinski definition) is 1. The zero-order valence-corrected chi connectivity index (χ0v) is 12.1.